The first-order chi connectivity index (χ1) is 7.36. The third-order valence-corrected chi connectivity index (χ3v) is 3.02. The van der Waals surface area contributed by atoms with Crippen LogP contribution in [0.2, 0.25) is 0 Å². The van der Waals surface area contributed by atoms with Gasteiger partial charge in [-0.25, -0.2) is 4.68 Å². The van der Waals surface area contributed by atoms with Gasteiger partial charge in [0.1, 0.15) is 5.82 Å². The van der Waals surface area contributed by atoms with Gasteiger partial charge >= 0.3 is 0 Å². The summed E-state index contributed by atoms with van der Waals surface area (Å²) in [6, 6.07) is 10.3. The SMILES string of the molecule is Cc1nnnn1CCSc1ccccc1. The van der Waals surface area contributed by atoms with Crippen LogP contribution >= 0.6 is 11.8 Å². The summed E-state index contributed by atoms with van der Waals surface area (Å²) in [7, 11) is 0. The number of hydrogen-bond acceptors (Lipinski definition) is 4. The molecule has 1 heterocycles. The molecule has 0 aliphatic carbocycles. The van der Waals surface area contributed by atoms with Crippen molar-refractivity contribution in [2.24, 2.45) is 0 Å². The van der Waals surface area contributed by atoms with Gasteiger partial charge in [0.05, 0.1) is 6.54 Å². The summed E-state index contributed by atoms with van der Waals surface area (Å²) in [4.78, 5) is 1.28. The number of aryl methyl sites for hydroxylation is 2. The highest BCUT2D eigenvalue weighted by atomic mass is 32.2. The monoisotopic (exact) mass is 220 g/mol. The van der Waals surface area contributed by atoms with Gasteiger partial charge in [0.2, 0.25) is 0 Å². The predicted octanol–water partition coefficient (Wildman–Crippen LogP) is 1.77. The number of tetrazole rings is 1. The summed E-state index contributed by atoms with van der Waals surface area (Å²) in [5.41, 5.74) is 0. The molecule has 0 fully saturated rings. The Labute approximate surface area is 92.7 Å². The molecule has 0 saturated carbocycles. The molecular weight excluding hydrogens is 208 g/mol. The molecule has 0 aliphatic rings. The molecular formula is C10H12N4S. The average Bonchev–Trinajstić information content (AvgIpc) is 2.66. The van der Waals surface area contributed by atoms with Crippen molar-refractivity contribution in [1.82, 2.24) is 20.2 Å². The van der Waals surface area contributed by atoms with Gasteiger partial charge in [-0.3, -0.25) is 0 Å². The zero-order chi connectivity index (χ0) is 10.5. The summed E-state index contributed by atoms with van der Waals surface area (Å²) < 4.78 is 1.82. The molecule has 0 bridgehead atoms. The van der Waals surface area contributed by atoms with Crippen LogP contribution in [0, 0.1) is 6.92 Å². The molecule has 1 aromatic heterocycles. The number of aromatic nitrogens is 4. The molecule has 0 N–H and O–H groups in total. The number of nitrogens with zero attached hydrogens (tertiary/aromatic N) is 4. The van der Waals surface area contributed by atoms with Gasteiger partial charge in [-0.1, -0.05) is 18.2 Å². The molecule has 78 valence electrons. The summed E-state index contributed by atoms with van der Waals surface area (Å²) in [5.74, 6) is 1.85. The Morgan fingerprint density at radius 1 is 1.27 bits per heavy atom. The highest BCUT2D eigenvalue weighted by molar-refractivity contribution is 7.99. The van der Waals surface area contributed by atoms with Crippen LogP contribution in [0.4, 0.5) is 0 Å². The van der Waals surface area contributed by atoms with E-state index in [9.17, 15) is 0 Å². The fraction of sp³-hybridized carbons (Fsp3) is 0.300. The quantitative estimate of drug-likeness (QED) is 0.737. The highest BCUT2D eigenvalue weighted by Crippen LogP contribution is 2.16. The van der Waals surface area contributed by atoms with Crippen molar-refractivity contribution in [1.29, 1.82) is 0 Å². The Morgan fingerprint density at radius 2 is 2.07 bits per heavy atom. The van der Waals surface area contributed by atoms with E-state index in [0.717, 1.165) is 18.1 Å². The summed E-state index contributed by atoms with van der Waals surface area (Å²) in [6.07, 6.45) is 0. The number of hydrogen-bond donors (Lipinski definition) is 0. The summed E-state index contributed by atoms with van der Waals surface area (Å²) >= 11 is 1.81. The van der Waals surface area contributed by atoms with Crippen molar-refractivity contribution in [2.45, 2.75) is 18.4 Å². The molecule has 2 rings (SSSR count). The minimum atomic E-state index is 0.846. The van der Waals surface area contributed by atoms with Crippen LogP contribution in [-0.4, -0.2) is 26.0 Å². The van der Waals surface area contributed by atoms with Crippen molar-refractivity contribution in [2.75, 3.05) is 5.75 Å². The van der Waals surface area contributed by atoms with Crippen molar-refractivity contribution in [3.63, 3.8) is 0 Å². The molecule has 5 heteroatoms. The van der Waals surface area contributed by atoms with E-state index in [-0.39, 0.29) is 0 Å². The van der Waals surface area contributed by atoms with Crippen molar-refractivity contribution >= 4 is 11.8 Å². The topological polar surface area (TPSA) is 43.6 Å². The van der Waals surface area contributed by atoms with Gasteiger partial charge < -0.3 is 0 Å². The van der Waals surface area contributed by atoms with Crippen LogP contribution in [0.1, 0.15) is 5.82 Å². The Morgan fingerprint density at radius 3 is 2.73 bits per heavy atom. The van der Waals surface area contributed by atoms with E-state index < -0.39 is 0 Å². The Kier molecular flexibility index (Phi) is 3.34. The molecule has 0 atom stereocenters. The molecule has 0 aliphatic heterocycles. The first-order valence-corrected chi connectivity index (χ1v) is 5.75. The summed E-state index contributed by atoms with van der Waals surface area (Å²) in [6.45, 7) is 2.76. The van der Waals surface area contributed by atoms with Gasteiger partial charge in [-0.15, -0.1) is 16.9 Å². The van der Waals surface area contributed by atoms with Crippen LogP contribution in [0.25, 0.3) is 0 Å². The molecule has 0 spiro atoms. The lowest BCUT2D eigenvalue weighted by atomic mass is 10.4. The molecule has 1 aromatic carbocycles. The molecule has 4 nitrogen and oxygen atoms in total. The maximum atomic E-state index is 3.89. The van der Waals surface area contributed by atoms with Crippen molar-refractivity contribution < 1.29 is 0 Å². The summed E-state index contributed by atoms with van der Waals surface area (Å²) in [5, 5.41) is 11.3. The van der Waals surface area contributed by atoms with Crippen LogP contribution in [0.15, 0.2) is 35.2 Å². The van der Waals surface area contributed by atoms with E-state index in [2.05, 4.69) is 27.7 Å². The first-order valence-electron chi connectivity index (χ1n) is 4.77. The van der Waals surface area contributed by atoms with Gasteiger partial charge in [-0.2, -0.15) is 0 Å². The molecule has 2 aromatic rings. The standard InChI is InChI=1S/C10H12N4S/c1-9-11-12-13-14(9)7-8-15-10-5-3-2-4-6-10/h2-6H,7-8H2,1H3. The molecule has 0 unspecified atom stereocenters. The number of benzene rings is 1. The van der Waals surface area contributed by atoms with Crippen LogP contribution in [0.3, 0.4) is 0 Å². The highest BCUT2D eigenvalue weighted by Gasteiger charge is 1.99. The maximum absolute atomic E-state index is 3.89. The minimum absolute atomic E-state index is 0.846. The molecule has 0 saturated heterocycles. The fourth-order valence-corrected chi connectivity index (χ4v) is 2.07. The lowest BCUT2D eigenvalue weighted by Gasteiger charge is -2.01. The van der Waals surface area contributed by atoms with E-state index >= 15 is 0 Å². The van der Waals surface area contributed by atoms with Gasteiger partial charge in [-0.05, 0) is 29.5 Å². The lowest BCUT2D eigenvalue weighted by Crippen LogP contribution is -2.04. The van der Waals surface area contributed by atoms with E-state index in [4.69, 9.17) is 0 Å². The first kappa shape index (κ1) is 10.2. The Balaban J connectivity index is 1.83. The smallest absolute Gasteiger partial charge is 0.148 e. The van der Waals surface area contributed by atoms with E-state index in [0.29, 0.717) is 0 Å². The van der Waals surface area contributed by atoms with Crippen LogP contribution in [0.5, 0.6) is 0 Å². The molecule has 0 radical (unpaired) electrons. The average molecular weight is 220 g/mol. The zero-order valence-corrected chi connectivity index (χ0v) is 9.31. The van der Waals surface area contributed by atoms with E-state index in [1.807, 2.05) is 41.6 Å². The zero-order valence-electron chi connectivity index (χ0n) is 8.50. The number of thioether (sulfide) groups is 1. The molecule has 15 heavy (non-hydrogen) atoms. The Hall–Kier alpha value is -1.36. The maximum Gasteiger partial charge on any atom is 0.148 e. The molecule has 0 amide bonds. The van der Waals surface area contributed by atoms with Crippen LogP contribution in [-0.2, 0) is 6.54 Å². The second-order valence-electron chi connectivity index (χ2n) is 3.11. The minimum Gasteiger partial charge on any atom is -0.229 e. The second-order valence-corrected chi connectivity index (χ2v) is 4.28. The third-order valence-electron chi connectivity index (χ3n) is 2.03. The lowest BCUT2D eigenvalue weighted by molar-refractivity contribution is 0.616. The largest absolute Gasteiger partial charge is 0.229 e. The van der Waals surface area contributed by atoms with Crippen LogP contribution < -0.4 is 0 Å². The van der Waals surface area contributed by atoms with E-state index in [1.165, 1.54) is 4.90 Å². The van der Waals surface area contributed by atoms with Gasteiger partial charge in [0.15, 0.2) is 0 Å². The number of rotatable bonds is 4. The van der Waals surface area contributed by atoms with Gasteiger partial charge in [0, 0.05) is 10.6 Å². The van der Waals surface area contributed by atoms with Crippen molar-refractivity contribution in [3.05, 3.63) is 36.2 Å². The third kappa shape index (κ3) is 2.79. The van der Waals surface area contributed by atoms with Crippen molar-refractivity contribution in [3.8, 4) is 0 Å². The predicted molar refractivity (Wildman–Crippen MR) is 59.7 cm³/mol. The normalized spacial score (nSPS) is 10.5. The fourth-order valence-electron chi connectivity index (χ4n) is 1.22. The van der Waals surface area contributed by atoms with Gasteiger partial charge in [0.25, 0.3) is 0 Å². The Bertz CT molecular complexity index is 412. The van der Waals surface area contributed by atoms with E-state index in [1.54, 1.807) is 0 Å². The second kappa shape index (κ2) is 4.93.